The number of benzene rings is 2. The van der Waals surface area contributed by atoms with Crippen molar-refractivity contribution in [2.24, 2.45) is 5.92 Å². The number of carbonyl (C=O) groups excluding carboxylic acids is 3. The molecule has 7 nitrogen and oxygen atoms in total. The number of β-lactam (4-membered cyclic amide) rings is 1. The summed E-state index contributed by atoms with van der Waals surface area (Å²) >= 11 is 0. The molecule has 146 valence electrons. The van der Waals surface area contributed by atoms with Crippen LogP contribution in [0.5, 0.6) is 5.75 Å². The first kappa shape index (κ1) is 19.4. The molecular formula is C21H21NO6. The average Bonchev–Trinajstić information content (AvgIpc) is 2.74. The molecule has 0 bridgehead atoms. The van der Waals surface area contributed by atoms with E-state index in [-0.39, 0.29) is 18.9 Å². The Labute approximate surface area is 162 Å². The Bertz CT molecular complexity index is 849. The predicted molar refractivity (Wildman–Crippen MR) is 101 cm³/mol. The van der Waals surface area contributed by atoms with E-state index in [4.69, 9.17) is 14.2 Å². The van der Waals surface area contributed by atoms with Crippen LogP contribution in [-0.4, -0.2) is 38.1 Å². The maximum atomic E-state index is 12.6. The van der Waals surface area contributed by atoms with Crippen LogP contribution in [0, 0.1) is 5.92 Å². The van der Waals surface area contributed by atoms with Gasteiger partial charge in [-0.3, -0.25) is 14.5 Å². The van der Waals surface area contributed by atoms with E-state index in [0.717, 1.165) is 5.56 Å². The normalized spacial score (nSPS) is 18.2. The van der Waals surface area contributed by atoms with Gasteiger partial charge >= 0.3 is 11.9 Å². The Hall–Kier alpha value is -3.35. The fourth-order valence-corrected chi connectivity index (χ4v) is 3.15. The number of anilines is 1. The van der Waals surface area contributed by atoms with Gasteiger partial charge in [-0.2, -0.15) is 0 Å². The third-order valence-corrected chi connectivity index (χ3v) is 4.64. The molecule has 28 heavy (non-hydrogen) atoms. The van der Waals surface area contributed by atoms with Gasteiger partial charge in [-0.05, 0) is 29.8 Å². The van der Waals surface area contributed by atoms with Gasteiger partial charge in [0.1, 0.15) is 18.4 Å². The number of methoxy groups -OCH3 is 2. The standard InChI is InChI=1S/C21H21NO6/c1-26-16-10-8-15(9-11-16)22-19(21(25)27-2)17(20(22)24)12-18(23)28-13-14-6-4-3-5-7-14/h3-11,17,19H,12-13H2,1-2H3/t17-,19-/m1/s1. The van der Waals surface area contributed by atoms with Crippen molar-refractivity contribution in [3.05, 3.63) is 60.2 Å². The predicted octanol–water partition coefficient (Wildman–Crippen LogP) is 2.33. The molecule has 0 unspecified atom stereocenters. The van der Waals surface area contributed by atoms with Crippen LogP contribution in [0.2, 0.25) is 0 Å². The first-order valence-corrected chi connectivity index (χ1v) is 8.79. The van der Waals surface area contributed by atoms with E-state index < -0.39 is 23.9 Å². The number of nitrogens with zero attached hydrogens (tertiary/aromatic N) is 1. The average molecular weight is 383 g/mol. The molecular weight excluding hydrogens is 362 g/mol. The van der Waals surface area contributed by atoms with Crippen LogP contribution in [0.25, 0.3) is 0 Å². The zero-order valence-electron chi connectivity index (χ0n) is 15.7. The second-order valence-electron chi connectivity index (χ2n) is 6.33. The molecule has 2 aromatic carbocycles. The highest BCUT2D eigenvalue weighted by molar-refractivity contribution is 6.11. The van der Waals surface area contributed by atoms with Crippen LogP contribution in [0.3, 0.4) is 0 Å². The lowest BCUT2D eigenvalue weighted by atomic mass is 9.84. The lowest BCUT2D eigenvalue weighted by Crippen LogP contribution is -2.65. The molecule has 1 aliphatic heterocycles. The molecule has 2 aromatic rings. The van der Waals surface area contributed by atoms with Gasteiger partial charge in [-0.25, -0.2) is 4.79 Å². The number of esters is 2. The summed E-state index contributed by atoms with van der Waals surface area (Å²) in [7, 11) is 2.79. The molecule has 0 aliphatic carbocycles. The summed E-state index contributed by atoms with van der Waals surface area (Å²) in [5.74, 6) is -1.61. The van der Waals surface area contributed by atoms with Gasteiger partial charge in [0, 0.05) is 5.69 Å². The van der Waals surface area contributed by atoms with Crippen LogP contribution >= 0.6 is 0 Å². The van der Waals surface area contributed by atoms with Crippen LogP contribution in [0.1, 0.15) is 12.0 Å². The van der Waals surface area contributed by atoms with Gasteiger partial charge in [0.2, 0.25) is 5.91 Å². The summed E-state index contributed by atoms with van der Waals surface area (Å²) in [6.07, 6.45) is -0.182. The second kappa shape index (κ2) is 8.56. The van der Waals surface area contributed by atoms with E-state index >= 15 is 0 Å². The summed E-state index contributed by atoms with van der Waals surface area (Å²) in [5.41, 5.74) is 1.38. The second-order valence-corrected chi connectivity index (χ2v) is 6.33. The molecule has 7 heteroatoms. The fourth-order valence-electron chi connectivity index (χ4n) is 3.15. The Kier molecular flexibility index (Phi) is 5.93. The van der Waals surface area contributed by atoms with E-state index in [2.05, 4.69) is 0 Å². The van der Waals surface area contributed by atoms with Gasteiger partial charge in [0.05, 0.1) is 26.6 Å². The van der Waals surface area contributed by atoms with Crippen molar-refractivity contribution in [2.75, 3.05) is 19.1 Å². The maximum absolute atomic E-state index is 12.6. The van der Waals surface area contributed by atoms with Crippen LogP contribution < -0.4 is 9.64 Å². The Balaban J connectivity index is 1.67. The minimum atomic E-state index is -0.866. The van der Waals surface area contributed by atoms with Gasteiger partial charge in [-0.1, -0.05) is 30.3 Å². The van der Waals surface area contributed by atoms with Gasteiger partial charge < -0.3 is 14.2 Å². The largest absolute Gasteiger partial charge is 0.497 e. The summed E-state index contributed by atoms with van der Waals surface area (Å²) in [4.78, 5) is 38.4. The van der Waals surface area contributed by atoms with E-state index in [0.29, 0.717) is 11.4 Å². The summed E-state index contributed by atoms with van der Waals surface area (Å²) in [6.45, 7) is 0.117. The highest BCUT2D eigenvalue weighted by Crippen LogP contribution is 2.36. The topological polar surface area (TPSA) is 82.1 Å². The van der Waals surface area contributed by atoms with Crippen molar-refractivity contribution < 1.29 is 28.6 Å². The number of hydrogen-bond acceptors (Lipinski definition) is 6. The SMILES string of the molecule is COC(=O)[C@H]1[C@@H](CC(=O)OCc2ccccc2)C(=O)N1c1ccc(OC)cc1. The van der Waals surface area contributed by atoms with Crippen LogP contribution in [-0.2, 0) is 30.5 Å². The zero-order chi connectivity index (χ0) is 20.1. The van der Waals surface area contributed by atoms with Gasteiger partial charge in [0.15, 0.2) is 0 Å². The third-order valence-electron chi connectivity index (χ3n) is 4.64. The van der Waals surface area contributed by atoms with Crippen molar-refractivity contribution in [1.82, 2.24) is 0 Å². The molecule has 1 fully saturated rings. The molecule has 2 atom stereocenters. The Morgan fingerprint density at radius 3 is 2.29 bits per heavy atom. The molecule has 1 amide bonds. The number of ether oxygens (including phenoxy) is 3. The number of carbonyl (C=O) groups is 3. The van der Waals surface area contributed by atoms with Crippen molar-refractivity contribution >= 4 is 23.5 Å². The van der Waals surface area contributed by atoms with Gasteiger partial charge in [0.25, 0.3) is 0 Å². The molecule has 1 heterocycles. The Morgan fingerprint density at radius 2 is 1.68 bits per heavy atom. The van der Waals surface area contributed by atoms with Gasteiger partial charge in [-0.15, -0.1) is 0 Å². The minimum Gasteiger partial charge on any atom is -0.497 e. The highest BCUT2D eigenvalue weighted by Gasteiger charge is 2.53. The van der Waals surface area contributed by atoms with E-state index in [1.165, 1.54) is 19.1 Å². The molecule has 1 aliphatic rings. The molecule has 0 saturated carbocycles. The number of hydrogen-bond donors (Lipinski definition) is 0. The summed E-state index contributed by atoms with van der Waals surface area (Å²) in [5, 5.41) is 0. The van der Waals surface area contributed by atoms with Crippen molar-refractivity contribution in [3.63, 3.8) is 0 Å². The monoisotopic (exact) mass is 383 g/mol. The zero-order valence-corrected chi connectivity index (χ0v) is 15.7. The smallest absolute Gasteiger partial charge is 0.329 e. The molecule has 0 radical (unpaired) electrons. The quantitative estimate of drug-likeness (QED) is 0.539. The fraction of sp³-hybridized carbons (Fsp3) is 0.286. The number of rotatable bonds is 7. The van der Waals surface area contributed by atoms with E-state index in [1.54, 1.807) is 24.3 Å². The molecule has 0 N–H and O–H groups in total. The van der Waals surface area contributed by atoms with Crippen molar-refractivity contribution in [3.8, 4) is 5.75 Å². The lowest BCUT2D eigenvalue weighted by molar-refractivity contribution is -0.156. The van der Waals surface area contributed by atoms with Crippen molar-refractivity contribution in [2.45, 2.75) is 19.1 Å². The van der Waals surface area contributed by atoms with E-state index in [9.17, 15) is 14.4 Å². The maximum Gasteiger partial charge on any atom is 0.329 e. The third kappa shape index (κ3) is 3.98. The first-order chi connectivity index (χ1) is 13.5. The molecule has 1 saturated heterocycles. The van der Waals surface area contributed by atoms with Crippen LogP contribution in [0.4, 0.5) is 5.69 Å². The molecule has 3 rings (SSSR count). The molecule has 0 aromatic heterocycles. The van der Waals surface area contributed by atoms with Crippen LogP contribution in [0.15, 0.2) is 54.6 Å². The first-order valence-electron chi connectivity index (χ1n) is 8.79. The number of amides is 1. The Morgan fingerprint density at radius 1 is 1.00 bits per heavy atom. The summed E-state index contributed by atoms with van der Waals surface area (Å²) in [6, 6.07) is 15.1. The highest BCUT2D eigenvalue weighted by atomic mass is 16.5. The van der Waals surface area contributed by atoms with Crippen molar-refractivity contribution in [1.29, 1.82) is 0 Å². The van der Waals surface area contributed by atoms with E-state index in [1.807, 2.05) is 30.3 Å². The minimum absolute atomic E-state index is 0.117. The summed E-state index contributed by atoms with van der Waals surface area (Å²) < 4.78 is 15.2. The lowest BCUT2D eigenvalue weighted by Gasteiger charge is -2.44. The molecule has 0 spiro atoms.